The highest BCUT2D eigenvalue weighted by atomic mass is 16.2. The molecule has 1 amide bonds. The number of hydrogen-bond acceptors (Lipinski definition) is 2. The fraction of sp³-hybridized carbons (Fsp3) is 0.455. The van der Waals surface area contributed by atoms with Crippen molar-refractivity contribution in [3.63, 3.8) is 0 Å². The van der Waals surface area contributed by atoms with Crippen molar-refractivity contribution < 1.29 is 14.5 Å². The average Bonchev–Trinajstić information content (AvgIpc) is 2.88. The van der Waals surface area contributed by atoms with Crippen LogP contribution in [-0.4, -0.2) is 42.4 Å². The molecule has 1 aromatic heterocycles. The highest BCUT2D eigenvalue weighted by Crippen LogP contribution is 2.25. The van der Waals surface area contributed by atoms with Crippen LogP contribution < -0.4 is 10.2 Å². The first-order valence-electron chi connectivity index (χ1n) is 9.58. The molecule has 2 atom stereocenters. The largest absolute Gasteiger partial charge is 0.349 e. The van der Waals surface area contributed by atoms with Crippen LogP contribution in [0, 0.1) is 13.8 Å². The molecule has 146 valence electrons. The van der Waals surface area contributed by atoms with Gasteiger partial charge in [-0.2, -0.15) is 0 Å². The van der Waals surface area contributed by atoms with E-state index in [4.69, 9.17) is 0 Å². The van der Waals surface area contributed by atoms with Crippen LogP contribution in [0.4, 0.5) is 0 Å². The second kappa shape index (κ2) is 9.00. The molecule has 0 saturated heterocycles. The van der Waals surface area contributed by atoms with E-state index in [2.05, 4.69) is 28.9 Å². The van der Waals surface area contributed by atoms with Crippen LogP contribution in [0.3, 0.4) is 0 Å². The standard InChI is InChI=1S/C22H31N3O2/c1-15(2)23-22(27)14-24(6)13-21(26)20-12-16(3)25(18(20)5)17(4)19-10-8-7-9-11-19/h7-12,15,17H,13-14H2,1-6H3,(H,23,27)/p+1/t17-/m0/s1. The molecule has 0 fully saturated rings. The number of rotatable bonds is 8. The molecule has 0 aliphatic carbocycles. The summed E-state index contributed by atoms with van der Waals surface area (Å²) in [7, 11) is 1.88. The van der Waals surface area contributed by atoms with E-state index in [1.165, 1.54) is 5.56 Å². The number of ketones is 1. The number of aromatic nitrogens is 1. The second-order valence-electron chi connectivity index (χ2n) is 7.70. The third-order valence-corrected chi connectivity index (χ3v) is 4.83. The Morgan fingerprint density at radius 2 is 1.70 bits per heavy atom. The number of carbonyl (C=O) groups excluding carboxylic acids is 2. The van der Waals surface area contributed by atoms with E-state index >= 15 is 0 Å². The zero-order chi connectivity index (χ0) is 20.1. The van der Waals surface area contributed by atoms with Crippen LogP contribution >= 0.6 is 0 Å². The van der Waals surface area contributed by atoms with Gasteiger partial charge in [-0.1, -0.05) is 30.3 Å². The van der Waals surface area contributed by atoms with Gasteiger partial charge < -0.3 is 14.8 Å². The Morgan fingerprint density at radius 3 is 2.30 bits per heavy atom. The lowest BCUT2D eigenvalue weighted by atomic mass is 10.1. The minimum atomic E-state index is -0.0292. The number of likely N-dealkylation sites (N-methyl/N-ethyl adjacent to an activating group) is 1. The number of nitrogens with one attached hydrogen (secondary N) is 2. The smallest absolute Gasteiger partial charge is 0.275 e. The van der Waals surface area contributed by atoms with Crippen LogP contribution in [0.5, 0.6) is 0 Å². The molecule has 2 aromatic rings. The Bertz CT molecular complexity index is 793. The third kappa shape index (κ3) is 5.30. The Hall–Kier alpha value is -2.40. The number of nitrogens with zero attached hydrogens (tertiary/aromatic N) is 1. The van der Waals surface area contributed by atoms with Gasteiger partial charge in [0.2, 0.25) is 5.78 Å². The molecule has 0 radical (unpaired) electrons. The van der Waals surface area contributed by atoms with Crippen LogP contribution in [0.2, 0.25) is 0 Å². The summed E-state index contributed by atoms with van der Waals surface area (Å²) in [6, 6.07) is 12.5. The van der Waals surface area contributed by atoms with Gasteiger partial charge in [0.05, 0.1) is 13.1 Å². The van der Waals surface area contributed by atoms with Crippen molar-refractivity contribution in [2.24, 2.45) is 0 Å². The molecular weight excluding hydrogens is 338 g/mol. The summed E-state index contributed by atoms with van der Waals surface area (Å²) in [6.45, 7) is 10.6. The number of carbonyl (C=O) groups is 2. The Labute approximate surface area is 162 Å². The summed E-state index contributed by atoms with van der Waals surface area (Å²) in [5.74, 6) is 0.0444. The molecule has 5 nitrogen and oxygen atoms in total. The number of amides is 1. The zero-order valence-corrected chi connectivity index (χ0v) is 17.3. The molecule has 0 bridgehead atoms. The van der Waals surface area contributed by atoms with Crippen molar-refractivity contribution in [1.82, 2.24) is 9.88 Å². The number of benzene rings is 1. The van der Waals surface area contributed by atoms with E-state index in [0.717, 1.165) is 21.9 Å². The topological polar surface area (TPSA) is 55.5 Å². The molecule has 0 aliphatic heterocycles. The summed E-state index contributed by atoms with van der Waals surface area (Å²) >= 11 is 0. The van der Waals surface area contributed by atoms with E-state index in [9.17, 15) is 9.59 Å². The molecule has 1 heterocycles. The minimum Gasteiger partial charge on any atom is -0.349 e. The van der Waals surface area contributed by atoms with E-state index in [0.29, 0.717) is 13.1 Å². The van der Waals surface area contributed by atoms with E-state index in [1.54, 1.807) is 0 Å². The third-order valence-electron chi connectivity index (χ3n) is 4.83. The van der Waals surface area contributed by atoms with Gasteiger partial charge in [-0.05, 0) is 46.2 Å². The predicted octanol–water partition coefficient (Wildman–Crippen LogP) is 1.94. The summed E-state index contributed by atoms with van der Waals surface area (Å²) in [5, 5.41) is 2.87. The first kappa shape index (κ1) is 20.9. The summed E-state index contributed by atoms with van der Waals surface area (Å²) < 4.78 is 2.21. The van der Waals surface area contributed by atoms with Gasteiger partial charge in [-0.25, -0.2) is 0 Å². The molecule has 0 saturated carbocycles. The van der Waals surface area contributed by atoms with Crippen LogP contribution in [0.1, 0.15) is 54.1 Å². The summed E-state index contributed by atoms with van der Waals surface area (Å²) in [6.07, 6.45) is 0. The summed E-state index contributed by atoms with van der Waals surface area (Å²) in [5.41, 5.74) is 4.01. The average molecular weight is 371 g/mol. The first-order chi connectivity index (χ1) is 12.7. The van der Waals surface area contributed by atoms with Crippen molar-refractivity contribution in [3.8, 4) is 0 Å². The second-order valence-corrected chi connectivity index (χ2v) is 7.70. The lowest BCUT2D eigenvalue weighted by Gasteiger charge is -2.19. The van der Waals surface area contributed by atoms with Crippen LogP contribution in [-0.2, 0) is 4.79 Å². The molecule has 0 spiro atoms. The number of Topliss-reactive ketones (excluding diaryl/α,β-unsaturated/α-hetero) is 1. The first-order valence-corrected chi connectivity index (χ1v) is 9.58. The maximum atomic E-state index is 12.8. The van der Waals surface area contributed by atoms with Crippen molar-refractivity contribution in [2.75, 3.05) is 20.1 Å². The van der Waals surface area contributed by atoms with E-state index < -0.39 is 0 Å². The van der Waals surface area contributed by atoms with Crippen LogP contribution in [0.15, 0.2) is 36.4 Å². The molecule has 1 aromatic carbocycles. The zero-order valence-electron chi connectivity index (χ0n) is 17.3. The monoisotopic (exact) mass is 370 g/mol. The van der Waals surface area contributed by atoms with E-state index in [1.807, 2.05) is 59.0 Å². The lowest BCUT2D eigenvalue weighted by molar-refractivity contribution is -0.862. The van der Waals surface area contributed by atoms with E-state index in [-0.39, 0.29) is 23.8 Å². The van der Waals surface area contributed by atoms with Crippen molar-refractivity contribution in [1.29, 1.82) is 0 Å². The number of aryl methyl sites for hydroxylation is 1. The molecule has 2 N–H and O–H groups in total. The quantitative estimate of drug-likeness (QED) is 0.698. The number of hydrogen-bond donors (Lipinski definition) is 2. The highest BCUT2D eigenvalue weighted by Gasteiger charge is 2.22. The van der Waals surface area contributed by atoms with Gasteiger partial charge in [0.1, 0.15) is 6.54 Å². The van der Waals surface area contributed by atoms with Crippen molar-refractivity contribution in [3.05, 3.63) is 58.9 Å². The predicted molar refractivity (Wildman–Crippen MR) is 108 cm³/mol. The van der Waals surface area contributed by atoms with Gasteiger partial charge in [0.25, 0.3) is 5.91 Å². The van der Waals surface area contributed by atoms with Crippen LogP contribution in [0.25, 0.3) is 0 Å². The van der Waals surface area contributed by atoms with Crippen molar-refractivity contribution >= 4 is 11.7 Å². The SMILES string of the molecule is Cc1cc(C(=O)C[NH+](C)CC(=O)NC(C)C)c(C)n1[C@@H](C)c1ccccc1. The Balaban J connectivity index is 2.13. The van der Waals surface area contributed by atoms with Gasteiger partial charge in [-0.15, -0.1) is 0 Å². The molecule has 2 rings (SSSR count). The Kier molecular flexibility index (Phi) is 6.97. The summed E-state index contributed by atoms with van der Waals surface area (Å²) in [4.78, 5) is 25.6. The number of quaternary nitrogens is 1. The molecule has 0 aliphatic rings. The van der Waals surface area contributed by atoms with Gasteiger partial charge in [-0.3, -0.25) is 9.59 Å². The molecule has 27 heavy (non-hydrogen) atoms. The molecule has 5 heteroatoms. The minimum absolute atomic E-state index is 0.0292. The van der Waals surface area contributed by atoms with Gasteiger partial charge in [0.15, 0.2) is 6.54 Å². The van der Waals surface area contributed by atoms with Crippen molar-refractivity contribution in [2.45, 2.75) is 46.7 Å². The maximum absolute atomic E-state index is 12.8. The highest BCUT2D eigenvalue weighted by molar-refractivity contribution is 5.98. The molecule has 1 unspecified atom stereocenters. The normalized spacial score (nSPS) is 13.4. The molecular formula is C22H32N3O2+. The fourth-order valence-corrected chi connectivity index (χ4v) is 3.61. The van der Waals surface area contributed by atoms with Gasteiger partial charge >= 0.3 is 0 Å². The Morgan fingerprint density at radius 1 is 1.07 bits per heavy atom. The maximum Gasteiger partial charge on any atom is 0.275 e. The lowest BCUT2D eigenvalue weighted by Crippen LogP contribution is -3.11. The fourth-order valence-electron chi connectivity index (χ4n) is 3.61. The van der Waals surface area contributed by atoms with Gasteiger partial charge in [0, 0.05) is 23.0 Å².